The zero-order valence-electron chi connectivity index (χ0n) is 17.9. The van der Waals surface area contributed by atoms with E-state index >= 15 is 0 Å². The molecule has 0 saturated heterocycles. The van der Waals surface area contributed by atoms with Gasteiger partial charge >= 0.3 is 0 Å². The van der Waals surface area contributed by atoms with E-state index in [2.05, 4.69) is 61.6 Å². The van der Waals surface area contributed by atoms with Crippen LogP contribution in [0.15, 0.2) is 54.6 Å². The van der Waals surface area contributed by atoms with Crippen molar-refractivity contribution in [3.05, 3.63) is 70.7 Å². The Hall–Kier alpha value is -2.76. The second-order valence-corrected chi connectivity index (χ2v) is 8.80. The van der Waals surface area contributed by atoms with Gasteiger partial charge in [-0.3, -0.25) is 0 Å². The van der Waals surface area contributed by atoms with Gasteiger partial charge in [-0.15, -0.1) is 11.3 Å². The summed E-state index contributed by atoms with van der Waals surface area (Å²) in [5.41, 5.74) is 5.38. The number of rotatable bonds is 8. The molecule has 4 aromatic rings. The van der Waals surface area contributed by atoms with Crippen LogP contribution < -0.4 is 14.8 Å². The molecule has 0 amide bonds. The monoisotopic (exact) mass is 452 g/mol. The van der Waals surface area contributed by atoms with Crippen LogP contribution in [0.1, 0.15) is 24.5 Å². The van der Waals surface area contributed by atoms with E-state index in [0.717, 1.165) is 33.8 Å². The first-order valence-corrected chi connectivity index (χ1v) is 11.5. The van der Waals surface area contributed by atoms with Gasteiger partial charge in [-0.25, -0.2) is 4.98 Å². The molecule has 0 saturated carbocycles. The van der Waals surface area contributed by atoms with Gasteiger partial charge in [0.2, 0.25) is 0 Å². The fraction of sp³-hybridized carbons (Fsp3) is 0.240. The number of hydrogen-bond donors (Lipinski definition) is 1. The predicted molar refractivity (Wildman–Crippen MR) is 131 cm³/mol. The lowest BCUT2D eigenvalue weighted by Gasteiger charge is -2.14. The van der Waals surface area contributed by atoms with Crippen molar-refractivity contribution in [1.29, 1.82) is 0 Å². The average molecular weight is 453 g/mol. The normalized spacial score (nSPS) is 11.0. The Labute approximate surface area is 191 Å². The summed E-state index contributed by atoms with van der Waals surface area (Å²) in [6.45, 7) is 5.39. The van der Waals surface area contributed by atoms with Crippen molar-refractivity contribution in [2.45, 2.75) is 26.8 Å². The summed E-state index contributed by atoms with van der Waals surface area (Å²) in [6.07, 6.45) is 0.927. The SMILES string of the molecule is CCCOc1cc(Cl)c(CNc2ccc(-c3nc4ccc(C)cc4s3)cc2)cc1OC. The second-order valence-electron chi connectivity index (χ2n) is 7.36. The molecule has 0 atom stereocenters. The van der Waals surface area contributed by atoms with Gasteiger partial charge in [0.15, 0.2) is 11.5 Å². The molecular formula is C25H25ClN2O2S. The first-order chi connectivity index (χ1) is 15.1. The molecule has 160 valence electrons. The van der Waals surface area contributed by atoms with Crippen LogP contribution in [0.4, 0.5) is 5.69 Å². The van der Waals surface area contributed by atoms with Gasteiger partial charge in [-0.1, -0.05) is 24.6 Å². The van der Waals surface area contributed by atoms with Crippen molar-refractivity contribution in [2.24, 2.45) is 0 Å². The molecule has 0 spiro atoms. The van der Waals surface area contributed by atoms with Crippen molar-refractivity contribution >= 4 is 38.8 Å². The maximum atomic E-state index is 6.48. The number of ether oxygens (including phenoxy) is 2. The summed E-state index contributed by atoms with van der Waals surface area (Å²) < 4.78 is 12.4. The third-order valence-electron chi connectivity index (χ3n) is 4.95. The second kappa shape index (κ2) is 9.58. The number of nitrogens with zero attached hydrogens (tertiary/aromatic N) is 1. The minimum Gasteiger partial charge on any atom is -0.493 e. The third-order valence-corrected chi connectivity index (χ3v) is 6.37. The van der Waals surface area contributed by atoms with Crippen molar-refractivity contribution in [1.82, 2.24) is 4.98 Å². The molecule has 0 radical (unpaired) electrons. The number of halogens is 1. The topological polar surface area (TPSA) is 43.4 Å². The summed E-state index contributed by atoms with van der Waals surface area (Å²) in [5.74, 6) is 1.37. The number of aryl methyl sites for hydroxylation is 1. The molecule has 1 N–H and O–H groups in total. The van der Waals surface area contributed by atoms with E-state index in [9.17, 15) is 0 Å². The fourth-order valence-electron chi connectivity index (χ4n) is 3.28. The van der Waals surface area contributed by atoms with E-state index in [-0.39, 0.29) is 0 Å². The van der Waals surface area contributed by atoms with Gasteiger partial charge in [-0.2, -0.15) is 0 Å². The number of nitrogens with one attached hydrogen (secondary N) is 1. The number of methoxy groups -OCH3 is 1. The maximum Gasteiger partial charge on any atom is 0.162 e. The van der Waals surface area contributed by atoms with Crippen LogP contribution in [0, 0.1) is 6.92 Å². The molecule has 0 bridgehead atoms. The highest BCUT2D eigenvalue weighted by Crippen LogP contribution is 2.34. The van der Waals surface area contributed by atoms with E-state index in [1.165, 1.54) is 10.3 Å². The van der Waals surface area contributed by atoms with E-state index in [1.54, 1.807) is 18.4 Å². The predicted octanol–water partition coefficient (Wildman–Crippen LogP) is 7.33. The Kier molecular flexibility index (Phi) is 6.64. The molecule has 4 rings (SSSR count). The zero-order chi connectivity index (χ0) is 21.8. The summed E-state index contributed by atoms with van der Waals surface area (Å²) in [4.78, 5) is 4.76. The molecule has 3 aromatic carbocycles. The van der Waals surface area contributed by atoms with Crippen LogP contribution in [0.3, 0.4) is 0 Å². The highest BCUT2D eigenvalue weighted by molar-refractivity contribution is 7.21. The largest absolute Gasteiger partial charge is 0.493 e. The Morgan fingerprint density at radius 1 is 1.03 bits per heavy atom. The lowest BCUT2D eigenvalue weighted by atomic mass is 10.1. The number of fused-ring (bicyclic) bond motifs is 1. The number of benzene rings is 3. The number of thiazole rings is 1. The van der Waals surface area contributed by atoms with Crippen molar-refractivity contribution in [2.75, 3.05) is 19.0 Å². The van der Waals surface area contributed by atoms with Crippen LogP contribution in [0.2, 0.25) is 5.02 Å². The number of hydrogen-bond acceptors (Lipinski definition) is 5. The number of anilines is 1. The standard InChI is InChI=1S/C25H25ClN2O2S/c1-4-11-30-23-14-20(26)18(13-22(23)29-3)15-27-19-8-6-17(7-9-19)25-28-21-10-5-16(2)12-24(21)31-25/h5-10,12-14,27H,4,11,15H2,1-3H3. The maximum absolute atomic E-state index is 6.48. The quantitative estimate of drug-likeness (QED) is 0.304. The van der Waals surface area contributed by atoms with Gasteiger partial charge < -0.3 is 14.8 Å². The minimum absolute atomic E-state index is 0.586. The van der Waals surface area contributed by atoms with Gasteiger partial charge in [-0.05, 0) is 66.9 Å². The van der Waals surface area contributed by atoms with Crippen LogP contribution in [0.25, 0.3) is 20.8 Å². The number of aromatic nitrogens is 1. The molecule has 6 heteroatoms. The summed E-state index contributed by atoms with van der Waals surface area (Å²) in [5, 5.41) is 5.11. The first kappa shape index (κ1) is 21.5. The van der Waals surface area contributed by atoms with Crippen LogP contribution in [0.5, 0.6) is 11.5 Å². The fourth-order valence-corrected chi connectivity index (χ4v) is 4.57. The molecule has 0 unspecified atom stereocenters. The lowest BCUT2D eigenvalue weighted by molar-refractivity contribution is 0.294. The van der Waals surface area contributed by atoms with Crippen LogP contribution >= 0.6 is 22.9 Å². The van der Waals surface area contributed by atoms with Crippen LogP contribution in [-0.4, -0.2) is 18.7 Å². The molecule has 0 fully saturated rings. The van der Waals surface area contributed by atoms with E-state index in [0.29, 0.717) is 29.7 Å². The van der Waals surface area contributed by atoms with Crippen molar-refractivity contribution < 1.29 is 9.47 Å². The smallest absolute Gasteiger partial charge is 0.162 e. The molecule has 0 aliphatic rings. The summed E-state index contributed by atoms with van der Waals surface area (Å²) >= 11 is 8.19. The van der Waals surface area contributed by atoms with Gasteiger partial charge in [0.1, 0.15) is 5.01 Å². The van der Waals surface area contributed by atoms with Gasteiger partial charge in [0.25, 0.3) is 0 Å². The third kappa shape index (κ3) is 4.94. The Morgan fingerprint density at radius 2 is 1.84 bits per heavy atom. The lowest BCUT2D eigenvalue weighted by Crippen LogP contribution is -2.03. The summed E-state index contributed by atoms with van der Waals surface area (Å²) in [6, 6.07) is 18.4. The van der Waals surface area contributed by atoms with E-state index in [4.69, 9.17) is 26.1 Å². The molecule has 1 heterocycles. The Balaban J connectivity index is 1.46. The Morgan fingerprint density at radius 3 is 2.58 bits per heavy atom. The van der Waals surface area contributed by atoms with E-state index in [1.807, 2.05) is 12.1 Å². The van der Waals surface area contributed by atoms with Crippen molar-refractivity contribution in [3.63, 3.8) is 0 Å². The summed E-state index contributed by atoms with van der Waals surface area (Å²) in [7, 11) is 1.64. The Bertz CT molecular complexity index is 1190. The van der Waals surface area contributed by atoms with Crippen LogP contribution in [-0.2, 0) is 6.54 Å². The molecular weight excluding hydrogens is 428 g/mol. The zero-order valence-corrected chi connectivity index (χ0v) is 19.4. The molecule has 0 aliphatic heterocycles. The molecule has 1 aromatic heterocycles. The molecule has 4 nitrogen and oxygen atoms in total. The van der Waals surface area contributed by atoms with Gasteiger partial charge in [0, 0.05) is 28.9 Å². The first-order valence-electron chi connectivity index (χ1n) is 10.3. The highest BCUT2D eigenvalue weighted by atomic mass is 35.5. The van der Waals surface area contributed by atoms with E-state index < -0.39 is 0 Å². The van der Waals surface area contributed by atoms with Crippen molar-refractivity contribution in [3.8, 4) is 22.1 Å². The molecule has 0 aliphatic carbocycles. The van der Waals surface area contributed by atoms with Gasteiger partial charge in [0.05, 0.1) is 23.9 Å². The highest BCUT2D eigenvalue weighted by Gasteiger charge is 2.11. The molecule has 31 heavy (non-hydrogen) atoms. The average Bonchev–Trinajstić information content (AvgIpc) is 3.20. The minimum atomic E-state index is 0.586.